The zero-order valence-electron chi connectivity index (χ0n) is 16.0. The molecule has 1 aliphatic carbocycles. The molecule has 0 bridgehead atoms. The highest BCUT2D eigenvalue weighted by molar-refractivity contribution is 5.83. The highest BCUT2D eigenvalue weighted by Crippen LogP contribution is 2.10. The molecule has 0 unspecified atom stereocenters. The van der Waals surface area contributed by atoms with Crippen LogP contribution in [0.1, 0.15) is 72.1 Å². The first-order chi connectivity index (χ1) is 11.2. The Morgan fingerprint density at radius 3 is 2.00 bits per heavy atom. The summed E-state index contributed by atoms with van der Waals surface area (Å²) in [5, 5.41) is 3.20. The smallest absolute Gasteiger partial charge is 0.132 e. The van der Waals surface area contributed by atoms with E-state index >= 15 is 0 Å². The van der Waals surface area contributed by atoms with E-state index in [0.717, 1.165) is 45.8 Å². The van der Waals surface area contributed by atoms with E-state index in [1.165, 1.54) is 32.1 Å². The van der Waals surface area contributed by atoms with Gasteiger partial charge in [-0.05, 0) is 13.3 Å². The zero-order chi connectivity index (χ0) is 17.8. The van der Waals surface area contributed by atoms with Crippen LogP contribution in [0.15, 0.2) is 12.7 Å². The van der Waals surface area contributed by atoms with Crippen LogP contribution >= 0.6 is 0 Å². The van der Waals surface area contributed by atoms with Crippen LogP contribution in [0.25, 0.3) is 0 Å². The maximum atomic E-state index is 9.90. The van der Waals surface area contributed by atoms with Gasteiger partial charge >= 0.3 is 0 Å². The average molecular weight is 329 g/mol. The third kappa shape index (κ3) is 21.3. The molecule has 2 rings (SSSR count). The van der Waals surface area contributed by atoms with Gasteiger partial charge in [0, 0.05) is 33.0 Å². The van der Waals surface area contributed by atoms with Crippen LogP contribution < -0.4 is 5.32 Å². The lowest BCUT2D eigenvalue weighted by molar-refractivity contribution is -0.123. The largest absolute Gasteiger partial charge is 0.369 e. The quantitative estimate of drug-likeness (QED) is 0.581. The van der Waals surface area contributed by atoms with Crippen LogP contribution in [-0.2, 0) is 9.53 Å². The van der Waals surface area contributed by atoms with Gasteiger partial charge in [0.15, 0.2) is 0 Å². The van der Waals surface area contributed by atoms with Crippen LogP contribution in [0, 0.1) is 0 Å². The summed E-state index contributed by atoms with van der Waals surface area (Å²) in [6, 6.07) is 0. The van der Waals surface area contributed by atoms with Crippen LogP contribution in [-0.4, -0.2) is 44.3 Å². The van der Waals surface area contributed by atoms with Gasteiger partial charge in [-0.25, -0.2) is 0 Å². The topological polar surface area (TPSA) is 41.6 Å². The number of nitrogens with zero attached hydrogens (tertiary/aromatic N) is 1. The lowest BCUT2D eigenvalue weighted by atomic mass is 9.99. The summed E-state index contributed by atoms with van der Waals surface area (Å²) in [4.78, 5) is 12.1. The SMILES string of the molecule is C=CC.CCCCCCC.COCN1CCNC1.O=C1CCC1. The van der Waals surface area contributed by atoms with Crippen molar-refractivity contribution in [3.8, 4) is 0 Å². The molecule has 0 amide bonds. The van der Waals surface area contributed by atoms with Crippen molar-refractivity contribution in [2.75, 3.05) is 33.6 Å². The van der Waals surface area contributed by atoms with Crippen molar-refractivity contribution in [2.45, 2.75) is 72.1 Å². The molecule has 2 aliphatic rings. The fraction of sp³-hybridized carbons (Fsp3) is 0.842. The van der Waals surface area contributed by atoms with E-state index in [-0.39, 0.29) is 0 Å². The van der Waals surface area contributed by atoms with Crippen molar-refractivity contribution >= 4 is 5.78 Å². The van der Waals surface area contributed by atoms with Crippen LogP contribution in [0.3, 0.4) is 0 Å². The van der Waals surface area contributed by atoms with E-state index < -0.39 is 0 Å². The number of methoxy groups -OCH3 is 1. The number of ketones is 1. The maximum absolute atomic E-state index is 9.90. The number of carbonyl (C=O) groups excluding carboxylic acids is 1. The third-order valence-electron chi connectivity index (χ3n) is 3.37. The first-order valence-corrected chi connectivity index (χ1v) is 9.16. The molecule has 0 aromatic heterocycles. The second-order valence-corrected chi connectivity index (χ2v) is 5.83. The number of carbonyl (C=O) groups is 1. The number of unbranched alkanes of at least 4 members (excludes halogenated alkanes) is 4. The summed E-state index contributed by atoms with van der Waals surface area (Å²) in [5.74, 6) is 0.435. The summed E-state index contributed by atoms with van der Waals surface area (Å²) in [6.45, 7) is 13.7. The molecular formula is C19H40N2O2. The number of ether oxygens (including phenoxy) is 1. The summed E-state index contributed by atoms with van der Waals surface area (Å²) in [6.07, 6.45) is 11.6. The number of rotatable bonds is 6. The van der Waals surface area contributed by atoms with Gasteiger partial charge in [-0.2, -0.15) is 0 Å². The Labute approximate surface area is 144 Å². The molecule has 1 N–H and O–H groups in total. The van der Waals surface area contributed by atoms with Gasteiger partial charge in [0.2, 0.25) is 0 Å². The molecule has 0 aromatic carbocycles. The summed E-state index contributed by atoms with van der Waals surface area (Å²) in [5.41, 5.74) is 0. The van der Waals surface area contributed by atoms with E-state index in [0.29, 0.717) is 5.78 Å². The van der Waals surface area contributed by atoms with Crippen LogP contribution in [0.2, 0.25) is 0 Å². The Bertz CT molecular complexity index is 242. The Hall–Kier alpha value is -0.710. The predicted octanol–water partition coefficient (Wildman–Crippen LogP) is 4.36. The molecule has 1 saturated heterocycles. The fourth-order valence-electron chi connectivity index (χ4n) is 1.84. The summed E-state index contributed by atoms with van der Waals surface area (Å²) >= 11 is 0. The number of nitrogens with one attached hydrogen (secondary N) is 1. The molecule has 1 heterocycles. The third-order valence-corrected chi connectivity index (χ3v) is 3.37. The summed E-state index contributed by atoms with van der Waals surface area (Å²) in [7, 11) is 1.72. The van der Waals surface area contributed by atoms with E-state index in [2.05, 4.69) is 30.6 Å². The van der Waals surface area contributed by atoms with E-state index in [1.807, 2.05) is 6.92 Å². The Balaban J connectivity index is 0. The molecule has 4 heteroatoms. The first-order valence-electron chi connectivity index (χ1n) is 9.16. The van der Waals surface area contributed by atoms with Crippen molar-refractivity contribution in [3.05, 3.63) is 12.7 Å². The van der Waals surface area contributed by atoms with Crippen molar-refractivity contribution in [2.24, 2.45) is 0 Å². The second-order valence-electron chi connectivity index (χ2n) is 5.83. The standard InChI is InChI=1S/C7H16.C5H12N2O.C4H6O.C3H6/c1-3-5-7-6-4-2;1-8-5-7-3-2-6-4-7;5-4-2-1-3-4;1-3-2/h3-7H2,1-2H3;6H,2-5H2,1H3;1-3H2;3H,1H2,2H3. The van der Waals surface area contributed by atoms with E-state index in [9.17, 15) is 4.79 Å². The number of allylic oxidation sites excluding steroid dienone is 1. The minimum atomic E-state index is 0.435. The predicted molar refractivity (Wildman–Crippen MR) is 101 cm³/mol. The number of Topliss-reactive ketones (excluding diaryl/α,β-unsaturated/α-hetero) is 1. The van der Waals surface area contributed by atoms with Crippen molar-refractivity contribution in [1.29, 1.82) is 0 Å². The Morgan fingerprint density at radius 2 is 1.74 bits per heavy atom. The molecule has 2 fully saturated rings. The van der Waals surface area contributed by atoms with E-state index in [4.69, 9.17) is 4.74 Å². The molecular weight excluding hydrogens is 288 g/mol. The molecule has 0 aromatic rings. The van der Waals surface area contributed by atoms with Gasteiger partial charge in [0.05, 0.1) is 13.4 Å². The van der Waals surface area contributed by atoms with Crippen molar-refractivity contribution < 1.29 is 9.53 Å². The first kappa shape index (κ1) is 24.5. The summed E-state index contributed by atoms with van der Waals surface area (Å²) < 4.78 is 4.91. The van der Waals surface area contributed by atoms with Gasteiger partial charge in [0.25, 0.3) is 0 Å². The van der Waals surface area contributed by atoms with Crippen LogP contribution in [0.5, 0.6) is 0 Å². The average Bonchev–Trinajstić information content (AvgIpc) is 3.01. The maximum Gasteiger partial charge on any atom is 0.132 e. The molecule has 1 saturated carbocycles. The molecule has 0 radical (unpaired) electrons. The normalized spacial score (nSPS) is 15.9. The van der Waals surface area contributed by atoms with Gasteiger partial charge < -0.3 is 10.1 Å². The Morgan fingerprint density at radius 1 is 1.22 bits per heavy atom. The minimum Gasteiger partial charge on any atom is -0.369 e. The van der Waals surface area contributed by atoms with Crippen molar-refractivity contribution in [3.63, 3.8) is 0 Å². The van der Waals surface area contributed by atoms with Crippen molar-refractivity contribution in [1.82, 2.24) is 10.2 Å². The zero-order valence-corrected chi connectivity index (χ0v) is 16.0. The lowest BCUT2D eigenvalue weighted by Crippen LogP contribution is -2.23. The Kier molecular flexibility index (Phi) is 22.7. The van der Waals surface area contributed by atoms with E-state index in [1.54, 1.807) is 13.2 Å². The molecule has 1 aliphatic heterocycles. The lowest BCUT2D eigenvalue weighted by Gasteiger charge is -2.10. The van der Waals surface area contributed by atoms with Gasteiger partial charge in [-0.1, -0.05) is 52.0 Å². The molecule has 0 atom stereocenters. The highest BCUT2D eigenvalue weighted by Gasteiger charge is 2.09. The van der Waals surface area contributed by atoms with Crippen LogP contribution in [0.4, 0.5) is 0 Å². The highest BCUT2D eigenvalue weighted by atomic mass is 16.5. The molecule has 4 nitrogen and oxygen atoms in total. The molecule has 23 heavy (non-hydrogen) atoms. The molecule has 0 spiro atoms. The van der Waals surface area contributed by atoms with Gasteiger partial charge in [-0.3, -0.25) is 9.69 Å². The molecule has 138 valence electrons. The monoisotopic (exact) mass is 328 g/mol. The number of hydrogen-bond donors (Lipinski definition) is 1. The number of hydrogen-bond acceptors (Lipinski definition) is 4. The van der Waals surface area contributed by atoms with Gasteiger partial charge in [-0.15, -0.1) is 6.58 Å². The fourth-order valence-corrected chi connectivity index (χ4v) is 1.84. The second kappa shape index (κ2) is 21.3. The van der Waals surface area contributed by atoms with Gasteiger partial charge in [0.1, 0.15) is 5.78 Å². The minimum absolute atomic E-state index is 0.435.